The minimum Gasteiger partial charge on any atom is -0.376 e. The summed E-state index contributed by atoms with van der Waals surface area (Å²) >= 11 is 0. The fourth-order valence-corrected chi connectivity index (χ4v) is 2.48. The lowest BCUT2D eigenvalue weighted by atomic mass is 9.92. The van der Waals surface area contributed by atoms with Crippen LogP contribution >= 0.6 is 0 Å². The van der Waals surface area contributed by atoms with E-state index in [9.17, 15) is 4.79 Å². The number of carbonyl (C=O) groups excluding carboxylic acids is 1. The van der Waals surface area contributed by atoms with Crippen LogP contribution in [0, 0.1) is 0 Å². The molecule has 3 nitrogen and oxygen atoms in total. The second-order valence-corrected chi connectivity index (χ2v) is 4.40. The van der Waals surface area contributed by atoms with Crippen LogP contribution < -0.4 is 0 Å². The highest BCUT2D eigenvalue weighted by Crippen LogP contribution is 2.21. The number of hydrogen-bond acceptors (Lipinski definition) is 3. The third-order valence-electron chi connectivity index (χ3n) is 3.24. The molecule has 1 aliphatic heterocycles. The lowest BCUT2D eigenvalue weighted by Crippen LogP contribution is -2.50. The first-order valence-electron chi connectivity index (χ1n) is 5.66. The molecule has 2 aliphatic rings. The van der Waals surface area contributed by atoms with Gasteiger partial charge in [0.15, 0.2) is 0 Å². The first kappa shape index (κ1) is 10.1. The predicted molar refractivity (Wildman–Crippen MR) is 54.3 cm³/mol. The molecule has 1 saturated carbocycles. The van der Waals surface area contributed by atoms with Gasteiger partial charge < -0.3 is 4.74 Å². The highest BCUT2D eigenvalue weighted by molar-refractivity contribution is 5.84. The van der Waals surface area contributed by atoms with Crippen molar-refractivity contribution in [2.45, 2.75) is 44.8 Å². The molecule has 80 valence electrons. The molecule has 14 heavy (non-hydrogen) atoms. The summed E-state index contributed by atoms with van der Waals surface area (Å²) in [6.07, 6.45) is 4.44. The lowest BCUT2D eigenvalue weighted by molar-refractivity contribution is -0.129. The standard InChI is InChI=1S/C11H19NO2/c1-9-8-12(6-7-14-9)10-4-2-3-5-11(10)13/h9-10H,2-8H2,1H3. The third-order valence-corrected chi connectivity index (χ3v) is 3.24. The van der Waals surface area contributed by atoms with Crippen LogP contribution in [0.1, 0.15) is 32.6 Å². The van der Waals surface area contributed by atoms with E-state index in [0.717, 1.165) is 39.0 Å². The summed E-state index contributed by atoms with van der Waals surface area (Å²) in [7, 11) is 0. The molecule has 2 atom stereocenters. The Balaban J connectivity index is 1.94. The fourth-order valence-electron chi connectivity index (χ4n) is 2.48. The zero-order valence-corrected chi connectivity index (χ0v) is 8.87. The molecule has 0 aromatic rings. The first-order valence-corrected chi connectivity index (χ1v) is 5.66. The summed E-state index contributed by atoms with van der Waals surface area (Å²) in [6, 6.07) is 0.204. The van der Waals surface area contributed by atoms with Crippen LogP contribution in [0.25, 0.3) is 0 Å². The number of ketones is 1. The van der Waals surface area contributed by atoms with E-state index >= 15 is 0 Å². The van der Waals surface area contributed by atoms with Gasteiger partial charge in [0, 0.05) is 19.5 Å². The van der Waals surface area contributed by atoms with E-state index in [4.69, 9.17) is 4.74 Å². The SMILES string of the molecule is CC1CN(C2CCCCC2=O)CCO1. The second kappa shape index (κ2) is 4.41. The predicted octanol–water partition coefficient (Wildman–Crippen LogP) is 1.22. The quantitative estimate of drug-likeness (QED) is 0.633. The molecule has 1 heterocycles. The molecule has 2 rings (SSSR count). The summed E-state index contributed by atoms with van der Waals surface area (Å²) < 4.78 is 5.48. The molecule has 0 aromatic heterocycles. The average Bonchev–Trinajstić information content (AvgIpc) is 2.18. The molecule has 0 radical (unpaired) electrons. The third kappa shape index (κ3) is 2.15. The smallest absolute Gasteiger partial charge is 0.149 e. The lowest BCUT2D eigenvalue weighted by Gasteiger charge is -2.38. The monoisotopic (exact) mass is 197 g/mol. The molecular weight excluding hydrogens is 178 g/mol. The van der Waals surface area contributed by atoms with Gasteiger partial charge in [-0.2, -0.15) is 0 Å². The topological polar surface area (TPSA) is 29.5 Å². The van der Waals surface area contributed by atoms with Gasteiger partial charge >= 0.3 is 0 Å². The van der Waals surface area contributed by atoms with Crippen LogP contribution in [0.5, 0.6) is 0 Å². The van der Waals surface area contributed by atoms with Crippen LogP contribution in [-0.4, -0.2) is 42.5 Å². The maximum Gasteiger partial charge on any atom is 0.149 e. The Morgan fingerprint density at radius 2 is 2.29 bits per heavy atom. The number of carbonyl (C=O) groups is 1. The van der Waals surface area contributed by atoms with E-state index in [1.807, 2.05) is 0 Å². The van der Waals surface area contributed by atoms with Crippen molar-refractivity contribution in [3.8, 4) is 0 Å². The zero-order chi connectivity index (χ0) is 9.97. The highest BCUT2D eigenvalue weighted by atomic mass is 16.5. The van der Waals surface area contributed by atoms with Gasteiger partial charge in [0.1, 0.15) is 5.78 Å². The molecule has 0 aromatic carbocycles. The van der Waals surface area contributed by atoms with Crippen molar-refractivity contribution in [3.05, 3.63) is 0 Å². The molecule has 0 spiro atoms. The second-order valence-electron chi connectivity index (χ2n) is 4.40. The Bertz CT molecular complexity index is 217. The molecule has 3 heteroatoms. The Morgan fingerprint density at radius 1 is 1.43 bits per heavy atom. The highest BCUT2D eigenvalue weighted by Gasteiger charge is 2.30. The molecule has 0 amide bonds. The van der Waals surface area contributed by atoms with Crippen LogP contribution in [0.2, 0.25) is 0 Å². The van der Waals surface area contributed by atoms with Gasteiger partial charge in [0.2, 0.25) is 0 Å². The van der Waals surface area contributed by atoms with E-state index in [1.165, 1.54) is 6.42 Å². The Morgan fingerprint density at radius 3 is 3.00 bits per heavy atom. The summed E-state index contributed by atoms with van der Waals surface area (Å²) in [4.78, 5) is 14.0. The van der Waals surface area contributed by atoms with E-state index in [2.05, 4.69) is 11.8 Å². The van der Waals surface area contributed by atoms with Crippen molar-refractivity contribution in [1.82, 2.24) is 4.90 Å². The molecular formula is C11H19NO2. The maximum absolute atomic E-state index is 11.7. The number of hydrogen-bond donors (Lipinski definition) is 0. The maximum atomic E-state index is 11.7. The van der Waals surface area contributed by atoms with Crippen LogP contribution in [0.4, 0.5) is 0 Å². The van der Waals surface area contributed by atoms with Crippen molar-refractivity contribution in [3.63, 3.8) is 0 Å². The number of rotatable bonds is 1. The summed E-state index contributed by atoms with van der Waals surface area (Å²) in [5.74, 6) is 0.449. The first-order chi connectivity index (χ1) is 6.77. The van der Waals surface area contributed by atoms with Crippen molar-refractivity contribution in [2.75, 3.05) is 19.7 Å². The minimum absolute atomic E-state index is 0.204. The van der Waals surface area contributed by atoms with Gasteiger partial charge in [0.05, 0.1) is 18.8 Å². The van der Waals surface area contributed by atoms with Crippen LogP contribution in [0.15, 0.2) is 0 Å². The number of nitrogens with zero attached hydrogens (tertiary/aromatic N) is 1. The molecule has 2 fully saturated rings. The molecule has 2 unspecified atom stereocenters. The largest absolute Gasteiger partial charge is 0.376 e. The number of morpholine rings is 1. The van der Waals surface area contributed by atoms with E-state index in [0.29, 0.717) is 11.9 Å². The van der Waals surface area contributed by atoms with Crippen molar-refractivity contribution in [2.24, 2.45) is 0 Å². The Kier molecular flexibility index (Phi) is 3.19. The molecule has 0 N–H and O–H groups in total. The Hall–Kier alpha value is -0.410. The average molecular weight is 197 g/mol. The zero-order valence-electron chi connectivity index (χ0n) is 8.87. The van der Waals surface area contributed by atoms with Gasteiger partial charge in [-0.1, -0.05) is 6.42 Å². The van der Waals surface area contributed by atoms with Gasteiger partial charge in [-0.25, -0.2) is 0 Å². The van der Waals surface area contributed by atoms with E-state index in [1.54, 1.807) is 0 Å². The molecule has 1 aliphatic carbocycles. The van der Waals surface area contributed by atoms with Gasteiger partial charge in [-0.15, -0.1) is 0 Å². The summed E-state index contributed by atoms with van der Waals surface area (Å²) in [5, 5.41) is 0. The normalized spacial score (nSPS) is 35.9. The van der Waals surface area contributed by atoms with Gasteiger partial charge in [-0.3, -0.25) is 9.69 Å². The van der Waals surface area contributed by atoms with Crippen molar-refractivity contribution in [1.29, 1.82) is 0 Å². The number of ether oxygens (including phenoxy) is 1. The fraction of sp³-hybridized carbons (Fsp3) is 0.909. The Labute approximate surface area is 85.4 Å². The molecule has 0 bridgehead atoms. The number of Topliss-reactive ketones (excluding diaryl/α,β-unsaturated/α-hetero) is 1. The van der Waals surface area contributed by atoms with E-state index in [-0.39, 0.29) is 6.04 Å². The van der Waals surface area contributed by atoms with Gasteiger partial charge in [0.25, 0.3) is 0 Å². The van der Waals surface area contributed by atoms with Crippen molar-refractivity contribution >= 4 is 5.78 Å². The molecule has 1 saturated heterocycles. The van der Waals surface area contributed by atoms with Gasteiger partial charge in [-0.05, 0) is 19.8 Å². The minimum atomic E-state index is 0.204. The summed E-state index contributed by atoms with van der Waals surface area (Å²) in [6.45, 7) is 4.72. The van der Waals surface area contributed by atoms with E-state index < -0.39 is 0 Å². The van der Waals surface area contributed by atoms with Crippen LogP contribution in [0.3, 0.4) is 0 Å². The summed E-state index contributed by atoms with van der Waals surface area (Å²) in [5.41, 5.74) is 0. The van der Waals surface area contributed by atoms with Crippen molar-refractivity contribution < 1.29 is 9.53 Å². The van der Waals surface area contributed by atoms with Crippen LogP contribution in [-0.2, 0) is 9.53 Å².